The maximum Gasteiger partial charge on any atom is 0.136 e. The van der Waals surface area contributed by atoms with Gasteiger partial charge in [0, 0.05) is 27.8 Å². The lowest BCUT2D eigenvalue weighted by Gasteiger charge is -2.26. The molecule has 1 aromatic heterocycles. The van der Waals surface area contributed by atoms with Crippen LogP contribution < -0.4 is 4.90 Å². The second kappa shape index (κ2) is 12.5. The Kier molecular flexibility index (Phi) is 7.18. The molecule has 10 aromatic rings. The molecular weight excluding hydrogens is 631 g/mol. The predicted octanol–water partition coefficient (Wildman–Crippen LogP) is 14.4. The van der Waals surface area contributed by atoms with E-state index in [2.05, 4.69) is 193 Å². The minimum atomic E-state index is 0.905. The van der Waals surface area contributed by atoms with Crippen LogP contribution in [0.5, 0.6) is 0 Å². The van der Waals surface area contributed by atoms with Crippen LogP contribution in [0.25, 0.3) is 76.9 Å². The Hall–Kier alpha value is -6.90. The summed E-state index contributed by atoms with van der Waals surface area (Å²) < 4.78 is 6.21. The third kappa shape index (κ3) is 5.21. The van der Waals surface area contributed by atoms with Crippen molar-refractivity contribution < 1.29 is 4.42 Å². The van der Waals surface area contributed by atoms with Crippen molar-refractivity contribution in [2.75, 3.05) is 4.90 Å². The van der Waals surface area contributed by atoms with E-state index < -0.39 is 0 Å². The Morgan fingerprint density at radius 2 is 0.808 bits per heavy atom. The Morgan fingerprint density at radius 3 is 1.54 bits per heavy atom. The molecule has 0 atom stereocenters. The molecule has 0 aliphatic rings. The quantitative estimate of drug-likeness (QED) is 0.165. The average Bonchev–Trinajstić information content (AvgIpc) is 3.60. The lowest BCUT2D eigenvalue weighted by atomic mass is 9.94. The highest BCUT2D eigenvalue weighted by molar-refractivity contribution is 6.12. The van der Waals surface area contributed by atoms with Crippen LogP contribution in [-0.4, -0.2) is 0 Å². The summed E-state index contributed by atoms with van der Waals surface area (Å²) in [5, 5.41) is 7.37. The summed E-state index contributed by atoms with van der Waals surface area (Å²) >= 11 is 0. The number of furan rings is 1. The van der Waals surface area contributed by atoms with Crippen LogP contribution in [0.3, 0.4) is 0 Å². The Morgan fingerprint density at radius 1 is 0.288 bits per heavy atom. The van der Waals surface area contributed by atoms with E-state index >= 15 is 0 Å². The van der Waals surface area contributed by atoms with E-state index in [9.17, 15) is 0 Å². The lowest BCUT2D eigenvalue weighted by molar-refractivity contribution is 0.669. The largest absolute Gasteiger partial charge is 0.456 e. The van der Waals surface area contributed by atoms with Crippen molar-refractivity contribution in [3.8, 4) is 33.4 Å². The van der Waals surface area contributed by atoms with Crippen molar-refractivity contribution in [1.29, 1.82) is 0 Å². The van der Waals surface area contributed by atoms with Crippen LogP contribution in [0.4, 0.5) is 17.1 Å². The van der Waals surface area contributed by atoms with Crippen molar-refractivity contribution >= 4 is 60.5 Å². The molecule has 0 fully saturated rings. The van der Waals surface area contributed by atoms with Gasteiger partial charge >= 0.3 is 0 Å². The summed E-state index contributed by atoms with van der Waals surface area (Å²) in [5.74, 6) is 0. The summed E-state index contributed by atoms with van der Waals surface area (Å²) in [6.45, 7) is 0. The first-order valence-electron chi connectivity index (χ1n) is 17.8. The maximum atomic E-state index is 6.21. The molecule has 0 N–H and O–H groups in total. The Labute approximate surface area is 302 Å². The van der Waals surface area contributed by atoms with E-state index in [1.165, 1.54) is 43.8 Å². The molecule has 0 spiro atoms. The van der Waals surface area contributed by atoms with Gasteiger partial charge in [-0.25, -0.2) is 0 Å². The van der Waals surface area contributed by atoms with E-state index in [1.54, 1.807) is 0 Å². The first kappa shape index (κ1) is 30.0. The summed E-state index contributed by atoms with van der Waals surface area (Å²) in [6.07, 6.45) is 0. The smallest absolute Gasteiger partial charge is 0.136 e. The fraction of sp³-hybridized carbons (Fsp3) is 0. The molecule has 2 heteroatoms. The third-order valence-corrected chi connectivity index (χ3v) is 10.3. The van der Waals surface area contributed by atoms with Gasteiger partial charge in [-0.15, -0.1) is 0 Å². The molecule has 0 amide bonds. The molecule has 0 saturated carbocycles. The Bertz CT molecular complexity index is 2870. The topological polar surface area (TPSA) is 16.4 Å². The second-order valence-corrected chi connectivity index (χ2v) is 13.3. The number of nitrogens with zero attached hydrogens (tertiary/aromatic N) is 1. The van der Waals surface area contributed by atoms with Gasteiger partial charge in [0.15, 0.2) is 0 Å². The van der Waals surface area contributed by atoms with Crippen LogP contribution in [0.2, 0.25) is 0 Å². The summed E-state index contributed by atoms with van der Waals surface area (Å²) in [6, 6.07) is 71.7. The predicted molar refractivity (Wildman–Crippen MR) is 220 cm³/mol. The number of anilines is 3. The van der Waals surface area contributed by atoms with Crippen LogP contribution in [0.1, 0.15) is 0 Å². The Balaban J connectivity index is 1.03. The first-order chi connectivity index (χ1) is 25.8. The van der Waals surface area contributed by atoms with Gasteiger partial charge in [0.1, 0.15) is 11.2 Å². The molecular formula is C50H33NO. The maximum absolute atomic E-state index is 6.21. The first-order valence-corrected chi connectivity index (χ1v) is 17.8. The molecule has 9 aromatic carbocycles. The van der Waals surface area contributed by atoms with Gasteiger partial charge in [0.25, 0.3) is 0 Å². The summed E-state index contributed by atoms with van der Waals surface area (Å²) in [7, 11) is 0. The van der Waals surface area contributed by atoms with Crippen LogP contribution in [-0.2, 0) is 0 Å². The minimum Gasteiger partial charge on any atom is -0.456 e. The molecule has 0 bridgehead atoms. The fourth-order valence-electron chi connectivity index (χ4n) is 7.67. The van der Waals surface area contributed by atoms with Gasteiger partial charge in [0.2, 0.25) is 0 Å². The SMILES string of the molecule is c1ccc(-c2ccc(N(c3ccc(-c4ccc5c(c4)oc4ccccc45)cc3)c3ccc(-c4cccc5c4ccc4ccccc45)cc3)cc2)cc1. The van der Waals surface area contributed by atoms with Crippen molar-refractivity contribution in [2.24, 2.45) is 0 Å². The molecule has 52 heavy (non-hydrogen) atoms. The zero-order chi connectivity index (χ0) is 34.4. The van der Waals surface area contributed by atoms with Crippen LogP contribution >= 0.6 is 0 Å². The molecule has 0 aliphatic carbocycles. The summed E-state index contributed by atoms with van der Waals surface area (Å²) in [4.78, 5) is 2.33. The number of rotatable bonds is 6. The van der Waals surface area contributed by atoms with Crippen molar-refractivity contribution in [1.82, 2.24) is 0 Å². The van der Waals surface area contributed by atoms with Crippen LogP contribution in [0.15, 0.2) is 205 Å². The molecule has 0 saturated heterocycles. The lowest BCUT2D eigenvalue weighted by Crippen LogP contribution is -2.09. The molecule has 10 rings (SSSR count). The number of fused-ring (bicyclic) bond motifs is 6. The number of hydrogen-bond acceptors (Lipinski definition) is 2. The van der Waals surface area contributed by atoms with Crippen LogP contribution in [0, 0.1) is 0 Å². The molecule has 244 valence electrons. The highest BCUT2D eigenvalue weighted by atomic mass is 16.3. The van der Waals surface area contributed by atoms with Gasteiger partial charge in [-0.3, -0.25) is 0 Å². The van der Waals surface area contributed by atoms with E-state index in [0.717, 1.165) is 50.1 Å². The van der Waals surface area contributed by atoms with E-state index in [4.69, 9.17) is 4.42 Å². The highest BCUT2D eigenvalue weighted by Gasteiger charge is 2.15. The van der Waals surface area contributed by atoms with E-state index in [1.807, 2.05) is 12.1 Å². The van der Waals surface area contributed by atoms with Crippen molar-refractivity contribution in [3.05, 3.63) is 200 Å². The van der Waals surface area contributed by atoms with Gasteiger partial charge in [-0.05, 0) is 110 Å². The zero-order valence-electron chi connectivity index (χ0n) is 28.4. The van der Waals surface area contributed by atoms with Gasteiger partial charge in [0.05, 0.1) is 0 Å². The van der Waals surface area contributed by atoms with Crippen molar-refractivity contribution in [2.45, 2.75) is 0 Å². The number of benzene rings is 9. The molecule has 0 radical (unpaired) electrons. The normalized spacial score (nSPS) is 11.5. The molecule has 1 heterocycles. The fourth-order valence-corrected chi connectivity index (χ4v) is 7.67. The molecule has 0 aliphatic heterocycles. The van der Waals surface area contributed by atoms with E-state index in [0.29, 0.717) is 0 Å². The molecule has 2 nitrogen and oxygen atoms in total. The van der Waals surface area contributed by atoms with Crippen molar-refractivity contribution in [3.63, 3.8) is 0 Å². The average molecular weight is 664 g/mol. The van der Waals surface area contributed by atoms with Gasteiger partial charge < -0.3 is 9.32 Å². The highest BCUT2D eigenvalue weighted by Crippen LogP contribution is 2.40. The third-order valence-electron chi connectivity index (χ3n) is 10.3. The standard InChI is InChI=1S/C50H33NO/c1-2-9-34(10-3-1)35-17-25-40(26-18-35)51(41-27-19-36(20-28-41)39-24-32-48-47-13-6-7-16-49(47)52-50(48)33-39)42-29-21-38(22-30-42)44-14-8-15-45-43-12-5-4-11-37(43)23-31-46(44)45/h1-33H. The van der Waals surface area contributed by atoms with Gasteiger partial charge in [-0.2, -0.15) is 0 Å². The number of para-hydroxylation sites is 1. The monoisotopic (exact) mass is 663 g/mol. The van der Waals surface area contributed by atoms with Gasteiger partial charge in [-0.1, -0.05) is 146 Å². The number of hydrogen-bond donors (Lipinski definition) is 0. The summed E-state index contributed by atoms with van der Waals surface area (Å²) in [5.41, 5.74) is 12.2. The zero-order valence-corrected chi connectivity index (χ0v) is 28.4. The second-order valence-electron chi connectivity index (χ2n) is 13.3. The molecule has 0 unspecified atom stereocenters. The minimum absolute atomic E-state index is 0.905. The van der Waals surface area contributed by atoms with E-state index in [-0.39, 0.29) is 0 Å².